The predicted molar refractivity (Wildman–Crippen MR) is 106 cm³/mol. The first-order valence-corrected chi connectivity index (χ1v) is 10.9. The van der Waals surface area contributed by atoms with Crippen molar-refractivity contribution in [1.82, 2.24) is 4.98 Å². The summed E-state index contributed by atoms with van der Waals surface area (Å²) in [6.45, 7) is 3.16. The van der Waals surface area contributed by atoms with Gasteiger partial charge in [-0.05, 0) is 43.7 Å². The van der Waals surface area contributed by atoms with Crippen LogP contribution < -0.4 is 5.32 Å². The molecule has 1 amide bonds. The molecule has 1 aromatic heterocycles. The molecule has 0 aliphatic heterocycles. The lowest BCUT2D eigenvalue weighted by molar-refractivity contribution is -0.136. The third-order valence-corrected chi connectivity index (χ3v) is 7.31. The molecule has 0 saturated carbocycles. The minimum absolute atomic E-state index is 0.0654. The van der Waals surface area contributed by atoms with Crippen molar-refractivity contribution in [2.45, 2.75) is 36.6 Å². The highest BCUT2D eigenvalue weighted by molar-refractivity contribution is 7.92. The first-order chi connectivity index (χ1) is 13.5. The number of hydrogen-bond acceptors (Lipinski definition) is 5. The van der Waals surface area contributed by atoms with Crippen LogP contribution in [0, 0.1) is 0 Å². The van der Waals surface area contributed by atoms with Crippen LogP contribution in [0.2, 0.25) is 0 Å². The van der Waals surface area contributed by atoms with E-state index in [0.717, 1.165) is 17.4 Å². The molecular weight excluding hydrogens is 425 g/mol. The van der Waals surface area contributed by atoms with Crippen molar-refractivity contribution in [1.29, 1.82) is 0 Å². The van der Waals surface area contributed by atoms with Crippen LogP contribution in [0.15, 0.2) is 47.4 Å². The molecule has 5 nitrogen and oxygen atoms in total. The molecule has 0 spiro atoms. The highest BCUT2D eigenvalue weighted by Gasteiger charge is 2.33. The lowest BCUT2D eigenvalue weighted by Crippen LogP contribution is -2.15. The number of aromatic nitrogens is 1. The Kier molecular flexibility index (Phi) is 5.68. The number of rotatable bonds is 5. The van der Waals surface area contributed by atoms with Crippen molar-refractivity contribution < 1.29 is 26.4 Å². The monoisotopic (exact) mass is 442 g/mol. The lowest BCUT2D eigenvalue weighted by atomic mass is 10.1. The highest BCUT2D eigenvalue weighted by Crippen LogP contribution is 2.37. The zero-order valence-electron chi connectivity index (χ0n) is 15.4. The number of hydrogen-bond donors (Lipinski definition) is 1. The van der Waals surface area contributed by atoms with Gasteiger partial charge in [0.2, 0.25) is 5.91 Å². The number of amides is 1. The van der Waals surface area contributed by atoms with Crippen molar-refractivity contribution in [3.05, 3.63) is 53.6 Å². The lowest BCUT2D eigenvalue weighted by Gasteiger charge is -2.08. The summed E-state index contributed by atoms with van der Waals surface area (Å²) in [4.78, 5) is 16.3. The molecule has 0 aliphatic carbocycles. The summed E-state index contributed by atoms with van der Waals surface area (Å²) in [5.41, 5.74) is -0.487. The van der Waals surface area contributed by atoms with E-state index in [4.69, 9.17) is 0 Å². The van der Waals surface area contributed by atoms with E-state index in [1.54, 1.807) is 13.8 Å². The van der Waals surface area contributed by atoms with E-state index in [1.165, 1.54) is 36.4 Å². The molecule has 1 N–H and O–H groups in total. The zero-order valence-corrected chi connectivity index (χ0v) is 17.1. The maximum Gasteiger partial charge on any atom is 0.418 e. The van der Waals surface area contributed by atoms with Crippen molar-refractivity contribution >= 4 is 42.4 Å². The van der Waals surface area contributed by atoms with E-state index >= 15 is 0 Å². The van der Waals surface area contributed by atoms with Gasteiger partial charge in [0.05, 0.1) is 32.3 Å². The number of carbonyl (C=O) groups excluding carboxylic acids is 1. The minimum Gasteiger partial charge on any atom is -0.302 e. The average molecular weight is 442 g/mol. The van der Waals surface area contributed by atoms with Crippen LogP contribution in [0.1, 0.15) is 25.0 Å². The van der Waals surface area contributed by atoms with Gasteiger partial charge < -0.3 is 5.32 Å². The molecule has 0 atom stereocenters. The Balaban J connectivity index is 1.75. The maximum absolute atomic E-state index is 13.1. The highest BCUT2D eigenvalue weighted by atomic mass is 32.2. The molecule has 29 heavy (non-hydrogen) atoms. The van der Waals surface area contributed by atoms with Gasteiger partial charge in [-0.25, -0.2) is 13.4 Å². The molecular formula is C19H17F3N2O3S2. The Morgan fingerprint density at radius 2 is 1.79 bits per heavy atom. The molecule has 0 bridgehead atoms. The van der Waals surface area contributed by atoms with Crippen molar-refractivity contribution in [3.8, 4) is 0 Å². The maximum atomic E-state index is 13.1. The third-order valence-electron chi connectivity index (χ3n) is 4.21. The number of benzene rings is 2. The number of nitrogens with one attached hydrogen (secondary N) is 1. The standard InChI is InChI=1S/C19H17F3N2O3S2/c1-11(2)29(26,27)13-8-6-12(7-9-13)10-16(25)23-18-24-17-14(19(20,21)22)4-3-5-15(17)28-18/h3-9,11H,10H2,1-2H3,(H,23,24,25). The summed E-state index contributed by atoms with van der Waals surface area (Å²) in [6, 6.07) is 9.69. The second-order valence-corrected chi connectivity index (χ2v) is 10.2. The van der Waals surface area contributed by atoms with Crippen molar-refractivity contribution in [3.63, 3.8) is 0 Å². The first kappa shape index (κ1) is 21.3. The molecule has 2 aromatic carbocycles. The topological polar surface area (TPSA) is 76.1 Å². The zero-order chi connectivity index (χ0) is 21.4. The fraction of sp³-hybridized carbons (Fsp3) is 0.263. The Morgan fingerprint density at radius 1 is 1.14 bits per heavy atom. The number of nitrogens with zero attached hydrogens (tertiary/aromatic N) is 1. The molecule has 10 heteroatoms. The van der Waals surface area contributed by atoms with E-state index in [-0.39, 0.29) is 22.0 Å². The first-order valence-electron chi connectivity index (χ1n) is 8.58. The SMILES string of the molecule is CC(C)S(=O)(=O)c1ccc(CC(=O)Nc2nc3c(C(F)(F)F)cccc3s2)cc1. The number of alkyl halides is 3. The number of thiazole rings is 1. The van der Waals surface area contributed by atoms with Crippen LogP contribution >= 0.6 is 11.3 Å². The summed E-state index contributed by atoms with van der Waals surface area (Å²) < 4.78 is 63.8. The number of carbonyl (C=O) groups is 1. The van der Waals surface area contributed by atoms with Gasteiger partial charge >= 0.3 is 6.18 Å². The van der Waals surface area contributed by atoms with Crippen LogP contribution in [0.3, 0.4) is 0 Å². The van der Waals surface area contributed by atoms with Gasteiger partial charge in [-0.3, -0.25) is 4.79 Å². The number of halogens is 3. The molecule has 3 rings (SSSR count). The fourth-order valence-corrected chi connectivity index (χ4v) is 4.62. The van der Waals surface area contributed by atoms with Gasteiger partial charge in [-0.2, -0.15) is 13.2 Å². The summed E-state index contributed by atoms with van der Waals surface area (Å²) in [6.07, 6.45) is -4.60. The van der Waals surface area contributed by atoms with Crippen LogP contribution in [0.4, 0.5) is 18.3 Å². The second kappa shape index (κ2) is 7.75. The Labute approximate surface area is 169 Å². The van der Waals surface area contributed by atoms with Gasteiger partial charge in [0, 0.05) is 0 Å². The second-order valence-electron chi connectivity index (χ2n) is 6.63. The molecule has 0 aliphatic rings. The van der Waals surface area contributed by atoms with Crippen LogP contribution in [0.25, 0.3) is 10.2 Å². The summed E-state index contributed by atoms with van der Waals surface area (Å²) in [5, 5.41) is 2.02. The Bertz CT molecular complexity index is 1150. The largest absolute Gasteiger partial charge is 0.418 e. The summed E-state index contributed by atoms with van der Waals surface area (Å²) in [7, 11) is -3.40. The summed E-state index contributed by atoms with van der Waals surface area (Å²) in [5.74, 6) is -0.461. The van der Waals surface area contributed by atoms with Gasteiger partial charge in [0.15, 0.2) is 15.0 Å². The third kappa shape index (κ3) is 4.59. The fourth-order valence-electron chi connectivity index (χ4n) is 2.65. The van der Waals surface area contributed by atoms with E-state index in [2.05, 4.69) is 10.3 Å². The number of anilines is 1. The van der Waals surface area contributed by atoms with Gasteiger partial charge in [-0.15, -0.1) is 0 Å². The van der Waals surface area contributed by atoms with Crippen LogP contribution in [-0.2, 0) is 27.2 Å². The Hall–Kier alpha value is -2.46. The van der Waals surface area contributed by atoms with Crippen molar-refractivity contribution in [2.75, 3.05) is 5.32 Å². The van der Waals surface area contributed by atoms with Crippen LogP contribution in [0.5, 0.6) is 0 Å². The van der Waals surface area contributed by atoms with E-state index in [9.17, 15) is 26.4 Å². The smallest absolute Gasteiger partial charge is 0.302 e. The molecule has 1 heterocycles. The molecule has 3 aromatic rings. The van der Waals surface area contributed by atoms with Gasteiger partial charge in [0.1, 0.15) is 0 Å². The van der Waals surface area contributed by atoms with Gasteiger partial charge in [-0.1, -0.05) is 29.5 Å². The number of sulfone groups is 1. The molecule has 0 unspecified atom stereocenters. The average Bonchev–Trinajstić information content (AvgIpc) is 3.03. The number of fused-ring (bicyclic) bond motifs is 1. The Morgan fingerprint density at radius 3 is 2.38 bits per heavy atom. The molecule has 0 fully saturated rings. The predicted octanol–water partition coefficient (Wildman–Crippen LogP) is 4.68. The number of para-hydroxylation sites is 1. The molecule has 0 saturated heterocycles. The molecule has 0 radical (unpaired) electrons. The van der Waals surface area contributed by atoms with Crippen molar-refractivity contribution in [2.24, 2.45) is 0 Å². The normalized spacial score (nSPS) is 12.5. The minimum atomic E-state index is -4.53. The van der Waals surface area contributed by atoms with Crippen LogP contribution in [-0.4, -0.2) is 24.6 Å². The summed E-state index contributed by atoms with van der Waals surface area (Å²) >= 11 is 0.953. The van der Waals surface area contributed by atoms with E-state index < -0.39 is 32.7 Å². The quantitative estimate of drug-likeness (QED) is 0.623. The van der Waals surface area contributed by atoms with E-state index in [0.29, 0.717) is 10.3 Å². The molecule has 154 valence electrons. The van der Waals surface area contributed by atoms with Gasteiger partial charge in [0.25, 0.3) is 0 Å². The van der Waals surface area contributed by atoms with E-state index in [1.807, 2.05) is 0 Å².